The average Bonchev–Trinajstić information content (AvgIpc) is 2.69. The molecule has 1 heterocycles. The predicted molar refractivity (Wildman–Crippen MR) is 83.7 cm³/mol. The van der Waals surface area contributed by atoms with Gasteiger partial charge in [0.25, 0.3) is 0 Å². The van der Waals surface area contributed by atoms with E-state index in [2.05, 4.69) is 26.2 Å². The van der Waals surface area contributed by atoms with Gasteiger partial charge in [-0.2, -0.15) is 0 Å². The van der Waals surface area contributed by atoms with E-state index in [0.717, 1.165) is 5.56 Å². The second kappa shape index (κ2) is 6.41. The number of nitrogens with zero attached hydrogens (tertiary/aromatic N) is 2. The highest BCUT2D eigenvalue weighted by molar-refractivity contribution is 9.10. The number of amides is 1. The molecule has 1 aromatic carbocycles. The van der Waals surface area contributed by atoms with Gasteiger partial charge in [0.15, 0.2) is 0 Å². The molecule has 1 amide bonds. The number of carbonyl (C=O) groups is 1. The minimum absolute atomic E-state index is 0.0480. The van der Waals surface area contributed by atoms with Crippen LogP contribution < -0.4 is 5.32 Å². The number of halogens is 2. The fourth-order valence-corrected chi connectivity index (χ4v) is 2.49. The van der Waals surface area contributed by atoms with Crippen LogP contribution in [0.2, 0.25) is 5.02 Å². The standard InChI is InChI=1S/C14H15BrClN3O/c1-9(2)17-13(20)8-19-7-12(15)18-14(19)10-4-3-5-11(16)6-10/h3-7,9H,8H2,1-2H3,(H,17,20). The Morgan fingerprint density at radius 2 is 2.25 bits per heavy atom. The molecule has 0 saturated carbocycles. The van der Waals surface area contributed by atoms with Crippen molar-refractivity contribution in [3.8, 4) is 11.4 Å². The van der Waals surface area contributed by atoms with Gasteiger partial charge in [-0.1, -0.05) is 23.7 Å². The maximum atomic E-state index is 11.9. The summed E-state index contributed by atoms with van der Waals surface area (Å²) in [6.45, 7) is 4.08. The van der Waals surface area contributed by atoms with Gasteiger partial charge in [-0.25, -0.2) is 4.98 Å². The molecule has 0 aliphatic heterocycles. The molecule has 0 spiro atoms. The predicted octanol–water partition coefficient (Wildman–Crippen LogP) is 3.49. The minimum Gasteiger partial charge on any atom is -0.352 e. The first-order valence-corrected chi connectivity index (χ1v) is 7.41. The van der Waals surface area contributed by atoms with E-state index in [1.54, 1.807) is 16.8 Å². The smallest absolute Gasteiger partial charge is 0.240 e. The lowest BCUT2D eigenvalue weighted by Gasteiger charge is -2.11. The van der Waals surface area contributed by atoms with Crippen LogP contribution in [0, 0.1) is 0 Å². The molecule has 0 radical (unpaired) electrons. The summed E-state index contributed by atoms with van der Waals surface area (Å²) >= 11 is 9.34. The second-order valence-corrected chi connectivity index (χ2v) is 6.00. The van der Waals surface area contributed by atoms with Crippen LogP contribution in [0.4, 0.5) is 0 Å². The van der Waals surface area contributed by atoms with Gasteiger partial charge in [-0.15, -0.1) is 0 Å². The molecule has 106 valence electrons. The number of benzene rings is 1. The van der Waals surface area contributed by atoms with E-state index in [4.69, 9.17) is 11.6 Å². The van der Waals surface area contributed by atoms with Gasteiger partial charge >= 0.3 is 0 Å². The Morgan fingerprint density at radius 1 is 1.50 bits per heavy atom. The van der Waals surface area contributed by atoms with Crippen molar-refractivity contribution in [3.63, 3.8) is 0 Å². The number of nitrogens with one attached hydrogen (secondary N) is 1. The second-order valence-electron chi connectivity index (χ2n) is 4.75. The highest BCUT2D eigenvalue weighted by atomic mass is 79.9. The third-order valence-corrected chi connectivity index (χ3v) is 3.21. The Morgan fingerprint density at radius 3 is 2.90 bits per heavy atom. The topological polar surface area (TPSA) is 46.9 Å². The molecule has 0 aliphatic rings. The molecule has 0 unspecified atom stereocenters. The van der Waals surface area contributed by atoms with Crippen LogP contribution in [0.1, 0.15) is 13.8 Å². The molecule has 0 bridgehead atoms. The van der Waals surface area contributed by atoms with Crippen LogP contribution in [0.3, 0.4) is 0 Å². The van der Waals surface area contributed by atoms with E-state index in [1.165, 1.54) is 0 Å². The monoisotopic (exact) mass is 355 g/mol. The zero-order chi connectivity index (χ0) is 14.7. The maximum Gasteiger partial charge on any atom is 0.240 e. The molecule has 6 heteroatoms. The molecule has 2 aromatic rings. The lowest BCUT2D eigenvalue weighted by atomic mass is 10.2. The van der Waals surface area contributed by atoms with Crippen LogP contribution in [0.25, 0.3) is 11.4 Å². The minimum atomic E-state index is -0.0480. The lowest BCUT2D eigenvalue weighted by molar-refractivity contribution is -0.122. The van der Waals surface area contributed by atoms with Crippen LogP contribution in [-0.4, -0.2) is 21.5 Å². The summed E-state index contributed by atoms with van der Waals surface area (Å²) in [6, 6.07) is 7.52. The van der Waals surface area contributed by atoms with Crippen molar-refractivity contribution in [3.05, 3.63) is 40.1 Å². The zero-order valence-corrected chi connectivity index (χ0v) is 13.6. The largest absolute Gasteiger partial charge is 0.352 e. The average molecular weight is 357 g/mol. The molecule has 4 nitrogen and oxygen atoms in total. The zero-order valence-electron chi connectivity index (χ0n) is 11.2. The fourth-order valence-electron chi connectivity index (χ4n) is 1.88. The highest BCUT2D eigenvalue weighted by Gasteiger charge is 2.12. The van der Waals surface area contributed by atoms with Gasteiger partial charge in [0, 0.05) is 22.8 Å². The number of hydrogen-bond acceptors (Lipinski definition) is 2. The van der Waals surface area contributed by atoms with Crippen molar-refractivity contribution in [1.29, 1.82) is 0 Å². The summed E-state index contributed by atoms with van der Waals surface area (Å²) in [4.78, 5) is 16.3. The Kier molecular flexibility index (Phi) is 4.83. The van der Waals surface area contributed by atoms with Crippen LogP contribution >= 0.6 is 27.5 Å². The van der Waals surface area contributed by atoms with Crippen molar-refractivity contribution in [2.45, 2.75) is 26.4 Å². The number of carbonyl (C=O) groups excluding carboxylic acids is 1. The van der Waals surface area contributed by atoms with Crippen LogP contribution in [0.15, 0.2) is 35.1 Å². The van der Waals surface area contributed by atoms with Crippen molar-refractivity contribution >= 4 is 33.4 Å². The van der Waals surface area contributed by atoms with E-state index < -0.39 is 0 Å². The first-order chi connectivity index (χ1) is 9.45. The molecule has 20 heavy (non-hydrogen) atoms. The Hall–Kier alpha value is -1.33. The van der Waals surface area contributed by atoms with Gasteiger partial charge in [-0.3, -0.25) is 4.79 Å². The van der Waals surface area contributed by atoms with Gasteiger partial charge in [0.05, 0.1) is 0 Å². The molecular weight excluding hydrogens is 342 g/mol. The number of hydrogen-bond donors (Lipinski definition) is 1. The molecule has 1 N–H and O–H groups in total. The van der Waals surface area contributed by atoms with E-state index in [0.29, 0.717) is 15.5 Å². The van der Waals surface area contributed by atoms with E-state index in [9.17, 15) is 4.79 Å². The molecule has 0 atom stereocenters. The fraction of sp³-hybridized carbons (Fsp3) is 0.286. The molecule has 0 aliphatic carbocycles. The first kappa shape index (κ1) is 15.1. The maximum absolute atomic E-state index is 11.9. The Labute approximate surface area is 131 Å². The Bertz CT molecular complexity index is 625. The first-order valence-electron chi connectivity index (χ1n) is 6.23. The molecule has 0 fully saturated rings. The Balaban J connectivity index is 2.29. The highest BCUT2D eigenvalue weighted by Crippen LogP contribution is 2.24. The van der Waals surface area contributed by atoms with Crippen molar-refractivity contribution in [2.24, 2.45) is 0 Å². The molecule has 2 rings (SSSR count). The van der Waals surface area contributed by atoms with E-state index in [-0.39, 0.29) is 18.5 Å². The third kappa shape index (κ3) is 3.84. The van der Waals surface area contributed by atoms with Gasteiger partial charge in [0.2, 0.25) is 5.91 Å². The molecule has 0 saturated heterocycles. The van der Waals surface area contributed by atoms with Crippen LogP contribution in [-0.2, 0) is 11.3 Å². The summed E-state index contributed by atoms with van der Waals surface area (Å²) in [7, 11) is 0. The van der Waals surface area contributed by atoms with Crippen molar-refractivity contribution in [2.75, 3.05) is 0 Å². The van der Waals surface area contributed by atoms with Gasteiger partial charge in [-0.05, 0) is 41.9 Å². The SMILES string of the molecule is CC(C)NC(=O)Cn1cc(Br)nc1-c1cccc(Cl)c1. The van der Waals surface area contributed by atoms with Crippen LogP contribution in [0.5, 0.6) is 0 Å². The third-order valence-electron chi connectivity index (χ3n) is 2.59. The molecular formula is C14H15BrClN3O. The summed E-state index contributed by atoms with van der Waals surface area (Å²) in [5, 5.41) is 3.50. The summed E-state index contributed by atoms with van der Waals surface area (Å²) in [5.74, 6) is 0.659. The van der Waals surface area contributed by atoms with Crippen molar-refractivity contribution in [1.82, 2.24) is 14.9 Å². The summed E-state index contributed by atoms with van der Waals surface area (Å²) < 4.78 is 2.48. The summed E-state index contributed by atoms with van der Waals surface area (Å²) in [5.41, 5.74) is 0.876. The molecule has 1 aromatic heterocycles. The number of aromatic nitrogens is 2. The quantitative estimate of drug-likeness (QED) is 0.911. The van der Waals surface area contributed by atoms with E-state index in [1.807, 2.05) is 32.0 Å². The lowest BCUT2D eigenvalue weighted by Crippen LogP contribution is -2.33. The van der Waals surface area contributed by atoms with E-state index >= 15 is 0 Å². The van der Waals surface area contributed by atoms with Gasteiger partial charge < -0.3 is 9.88 Å². The normalized spacial score (nSPS) is 10.8. The van der Waals surface area contributed by atoms with Gasteiger partial charge in [0.1, 0.15) is 17.0 Å². The van der Waals surface area contributed by atoms with Crippen molar-refractivity contribution < 1.29 is 4.79 Å². The number of rotatable bonds is 4. The number of imidazole rings is 1. The summed E-state index contributed by atoms with van der Waals surface area (Å²) in [6.07, 6.45) is 1.79.